The Kier molecular flexibility index (Phi) is 8.04. The maximum absolute atomic E-state index is 12.7. The molecular formula is C26H31F3N8O2S. The van der Waals surface area contributed by atoms with Gasteiger partial charge in [-0.1, -0.05) is 26.5 Å². The third-order valence-electron chi connectivity index (χ3n) is 6.53. The number of fused-ring (bicyclic) bond motifs is 1. The Morgan fingerprint density at radius 3 is 2.60 bits per heavy atom. The van der Waals surface area contributed by atoms with E-state index in [1.165, 1.54) is 18.6 Å². The van der Waals surface area contributed by atoms with Crippen molar-refractivity contribution in [2.45, 2.75) is 38.7 Å². The van der Waals surface area contributed by atoms with Gasteiger partial charge in [0.15, 0.2) is 5.84 Å². The summed E-state index contributed by atoms with van der Waals surface area (Å²) in [4.78, 5) is 14.5. The van der Waals surface area contributed by atoms with E-state index in [1.54, 1.807) is 6.20 Å². The molecule has 40 heavy (non-hydrogen) atoms. The van der Waals surface area contributed by atoms with Crippen molar-refractivity contribution in [2.24, 2.45) is 21.6 Å². The third kappa shape index (κ3) is 6.67. The molecule has 1 aromatic carbocycles. The summed E-state index contributed by atoms with van der Waals surface area (Å²) < 4.78 is 62.2. The summed E-state index contributed by atoms with van der Waals surface area (Å²) in [6.45, 7) is 10.8. The topological polar surface area (TPSA) is 131 Å². The van der Waals surface area contributed by atoms with Crippen LogP contribution in [0.4, 0.5) is 24.7 Å². The molecule has 2 aromatic heterocycles. The molecule has 1 aliphatic rings. The second-order valence-corrected chi connectivity index (χ2v) is 12.3. The Labute approximate surface area is 230 Å². The van der Waals surface area contributed by atoms with Crippen molar-refractivity contribution in [1.29, 1.82) is 0 Å². The van der Waals surface area contributed by atoms with Gasteiger partial charge in [0.1, 0.15) is 28.0 Å². The van der Waals surface area contributed by atoms with E-state index < -0.39 is 28.7 Å². The smallest absolute Gasteiger partial charge is 0.355 e. The number of halogens is 3. The summed E-state index contributed by atoms with van der Waals surface area (Å²) in [6.07, 6.45) is 0.474. The zero-order valence-electron chi connectivity index (χ0n) is 22.4. The fourth-order valence-electron chi connectivity index (χ4n) is 4.71. The van der Waals surface area contributed by atoms with Crippen molar-refractivity contribution >= 4 is 44.7 Å². The molecular weight excluding hydrogens is 545 g/mol. The number of amidine groups is 1. The molecule has 14 heteroatoms. The fraction of sp³-hybridized carbons (Fsp3) is 0.385. The maximum atomic E-state index is 12.7. The molecule has 1 fully saturated rings. The Hall–Kier alpha value is -3.78. The van der Waals surface area contributed by atoms with Gasteiger partial charge in [-0.2, -0.15) is 18.3 Å². The molecule has 0 bridgehead atoms. The lowest BCUT2D eigenvalue weighted by Gasteiger charge is -2.47. The molecule has 0 spiro atoms. The lowest BCUT2D eigenvalue weighted by atomic mass is 9.92. The summed E-state index contributed by atoms with van der Waals surface area (Å²) in [6, 6.07) is 5.86. The van der Waals surface area contributed by atoms with Crippen LogP contribution in [0.15, 0.2) is 59.2 Å². The molecule has 4 rings (SSSR count). The Balaban J connectivity index is 1.58. The van der Waals surface area contributed by atoms with E-state index in [4.69, 9.17) is 5.73 Å². The number of aromatic nitrogens is 3. The van der Waals surface area contributed by atoms with Crippen molar-refractivity contribution in [2.75, 3.05) is 28.8 Å². The highest BCUT2D eigenvalue weighted by Gasteiger charge is 2.39. The summed E-state index contributed by atoms with van der Waals surface area (Å²) in [5, 5.41) is 8.50. The number of anilines is 2. The van der Waals surface area contributed by atoms with E-state index in [1.807, 2.05) is 23.1 Å². The standard InChI is InChI=1S/C26H31F3N8O2S/c1-15(2)19-6-7-22(37-12-18(24(37)30)13-40(5,38)39)21-10-32-23(8-20(19)21)34-16(3)35-25(31-4)17-9-33-36(11-17)14-26(27,28)29/h6-11,15,18,24H,3-4,12-14,30H2,1-2,5H3,(H,32,34)/b35-25-/t18-,24+/m1/s1. The average molecular weight is 577 g/mol. The highest BCUT2D eigenvalue weighted by Crippen LogP contribution is 2.38. The summed E-state index contributed by atoms with van der Waals surface area (Å²) in [7, 11) is -3.14. The third-order valence-corrected chi connectivity index (χ3v) is 7.56. The number of nitrogens with one attached hydrogen (secondary N) is 1. The average Bonchev–Trinajstić information content (AvgIpc) is 3.29. The minimum absolute atomic E-state index is 0.0340. The van der Waals surface area contributed by atoms with Gasteiger partial charge in [0.05, 0.1) is 23.7 Å². The molecule has 0 aliphatic carbocycles. The van der Waals surface area contributed by atoms with Crippen molar-refractivity contribution in [3.63, 3.8) is 0 Å². The molecule has 0 unspecified atom stereocenters. The van der Waals surface area contributed by atoms with Gasteiger partial charge >= 0.3 is 6.18 Å². The van der Waals surface area contributed by atoms with Gasteiger partial charge in [-0.05, 0) is 35.7 Å². The van der Waals surface area contributed by atoms with E-state index >= 15 is 0 Å². The number of rotatable bonds is 9. The number of alkyl halides is 3. The van der Waals surface area contributed by atoms with Gasteiger partial charge in [0.25, 0.3) is 0 Å². The van der Waals surface area contributed by atoms with Gasteiger partial charge in [0, 0.05) is 42.2 Å². The number of hydrogen-bond donors (Lipinski definition) is 2. The van der Waals surface area contributed by atoms with Gasteiger partial charge in [0.2, 0.25) is 0 Å². The molecule has 214 valence electrons. The largest absolute Gasteiger partial charge is 0.408 e. The van der Waals surface area contributed by atoms with Crippen LogP contribution in [-0.2, 0) is 16.4 Å². The van der Waals surface area contributed by atoms with Crippen LogP contribution in [-0.4, -0.2) is 66.6 Å². The van der Waals surface area contributed by atoms with Crippen LogP contribution in [0.2, 0.25) is 0 Å². The minimum atomic E-state index is -4.41. The Morgan fingerprint density at radius 2 is 2.00 bits per heavy atom. The number of benzene rings is 1. The number of hydrogen-bond acceptors (Lipinski definition) is 8. The molecule has 10 nitrogen and oxygen atoms in total. The summed E-state index contributed by atoms with van der Waals surface area (Å²) in [5.41, 5.74) is 8.54. The highest BCUT2D eigenvalue weighted by atomic mass is 32.2. The van der Waals surface area contributed by atoms with E-state index in [9.17, 15) is 21.6 Å². The minimum Gasteiger partial charge on any atom is -0.355 e. The Bertz CT molecular complexity index is 1580. The van der Waals surface area contributed by atoms with Crippen LogP contribution in [0, 0.1) is 5.92 Å². The number of nitrogens with two attached hydrogens (primary N) is 1. The van der Waals surface area contributed by atoms with Crippen molar-refractivity contribution in [1.82, 2.24) is 14.8 Å². The Morgan fingerprint density at radius 1 is 1.27 bits per heavy atom. The highest BCUT2D eigenvalue weighted by molar-refractivity contribution is 7.90. The predicted molar refractivity (Wildman–Crippen MR) is 151 cm³/mol. The van der Waals surface area contributed by atoms with Crippen LogP contribution < -0.4 is 16.0 Å². The van der Waals surface area contributed by atoms with Gasteiger partial charge in [-0.3, -0.25) is 4.68 Å². The van der Waals surface area contributed by atoms with Crippen molar-refractivity contribution < 1.29 is 21.6 Å². The molecule has 0 radical (unpaired) electrons. The SMILES string of the molecule is C=N/C(=N\C(=C)Nc1cc2c(C(C)C)ccc(N3C[C@H](CS(C)(=O)=O)[C@H]3N)c2cn1)c1cnn(CC(F)(F)F)c1. The first-order chi connectivity index (χ1) is 18.6. The zero-order valence-corrected chi connectivity index (χ0v) is 23.2. The quantitative estimate of drug-likeness (QED) is 0.292. The van der Waals surface area contributed by atoms with Gasteiger partial charge < -0.3 is 16.0 Å². The van der Waals surface area contributed by atoms with E-state index in [0.717, 1.165) is 26.7 Å². The number of aliphatic imine (C=N–C) groups is 2. The first-order valence-electron chi connectivity index (χ1n) is 12.4. The van der Waals surface area contributed by atoms with Crippen LogP contribution in [0.5, 0.6) is 0 Å². The fourth-order valence-corrected chi connectivity index (χ4v) is 5.79. The molecule has 0 saturated carbocycles. The van der Waals surface area contributed by atoms with Crippen LogP contribution in [0.25, 0.3) is 10.8 Å². The van der Waals surface area contributed by atoms with E-state index in [-0.39, 0.29) is 34.8 Å². The van der Waals surface area contributed by atoms with Crippen LogP contribution in [0.1, 0.15) is 30.9 Å². The molecule has 2 atom stereocenters. The molecule has 1 saturated heterocycles. The molecule has 1 aliphatic heterocycles. The normalized spacial score (nSPS) is 18.2. The second-order valence-electron chi connectivity index (χ2n) is 10.1. The summed E-state index contributed by atoms with van der Waals surface area (Å²) >= 11 is 0. The lowest BCUT2D eigenvalue weighted by molar-refractivity contribution is -0.142. The van der Waals surface area contributed by atoms with Gasteiger partial charge in [-0.15, -0.1) is 0 Å². The number of nitrogens with zero attached hydrogens (tertiary/aromatic N) is 6. The van der Waals surface area contributed by atoms with Crippen molar-refractivity contribution in [3.8, 4) is 0 Å². The van der Waals surface area contributed by atoms with Crippen LogP contribution in [0.3, 0.4) is 0 Å². The monoisotopic (exact) mass is 576 g/mol. The first kappa shape index (κ1) is 29.2. The first-order valence-corrected chi connectivity index (χ1v) is 14.4. The molecule has 3 heterocycles. The summed E-state index contributed by atoms with van der Waals surface area (Å²) in [5.74, 6) is 0.714. The van der Waals surface area contributed by atoms with Gasteiger partial charge in [-0.25, -0.2) is 23.4 Å². The second kappa shape index (κ2) is 11.0. The number of sulfone groups is 1. The zero-order chi connectivity index (χ0) is 29.4. The maximum Gasteiger partial charge on any atom is 0.408 e. The van der Waals surface area contributed by atoms with E-state index in [2.05, 4.69) is 52.5 Å². The van der Waals surface area contributed by atoms with Crippen molar-refractivity contribution in [3.05, 3.63) is 60.3 Å². The predicted octanol–water partition coefficient (Wildman–Crippen LogP) is 3.91. The molecule has 3 aromatic rings. The number of pyridine rings is 1. The lowest BCUT2D eigenvalue weighted by Crippen LogP contribution is -2.63. The molecule has 3 N–H and O–H groups in total. The molecule has 0 amide bonds. The van der Waals surface area contributed by atoms with Crippen LogP contribution >= 0.6 is 0 Å². The van der Waals surface area contributed by atoms with E-state index in [0.29, 0.717) is 12.4 Å².